The molecule has 15 heavy (non-hydrogen) atoms. The number of methoxy groups -OCH3 is 2. The van der Waals surface area contributed by atoms with Crippen LogP contribution in [0.2, 0.25) is 0 Å². The number of nitrogens with zero attached hydrogens (tertiary/aromatic N) is 1. The lowest BCUT2D eigenvalue weighted by Crippen LogP contribution is -2.34. The van der Waals surface area contributed by atoms with Crippen molar-refractivity contribution in [3.05, 3.63) is 0 Å². The van der Waals surface area contributed by atoms with E-state index >= 15 is 0 Å². The van der Waals surface area contributed by atoms with Crippen LogP contribution in [0.5, 0.6) is 0 Å². The fraction of sp³-hybridized carbons (Fsp3) is 0.625. The number of aliphatic hydroxyl groups is 1. The predicted octanol–water partition coefficient (Wildman–Crippen LogP) is 0.278. The van der Waals surface area contributed by atoms with E-state index in [-0.39, 0.29) is 6.42 Å². The Balaban J connectivity index is 3.63. The Kier molecular flexibility index (Phi) is 6.90. The van der Waals surface area contributed by atoms with Crippen molar-refractivity contribution < 1.29 is 24.2 Å². The van der Waals surface area contributed by atoms with Crippen molar-refractivity contribution in [1.29, 1.82) is 0 Å². The Hall–Kier alpha value is -1.63. The molecule has 7 heteroatoms. The van der Waals surface area contributed by atoms with Gasteiger partial charge in [-0.3, -0.25) is 5.32 Å². The van der Waals surface area contributed by atoms with E-state index in [1.54, 1.807) is 0 Å². The number of nitrogens with one attached hydrogen (secondary N) is 1. The third-order valence-electron chi connectivity index (χ3n) is 1.41. The number of rotatable bonds is 4. The number of aliphatic imine (C=N–C) groups is 1. The number of alkyl carbamates (subject to hydrolysis) is 1. The monoisotopic (exact) mass is 218 g/mol. The largest absolute Gasteiger partial charge is 0.453 e. The summed E-state index contributed by atoms with van der Waals surface area (Å²) in [5.74, 6) is 0. The Morgan fingerprint density at radius 2 is 2.13 bits per heavy atom. The molecular weight excluding hydrogens is 204 g/mol. The summed E-state index contributed by atoms with van der Waals surface area (Å²) in [5, 5.41) is 11.3. The van der Waals surface area contributed by atoms with Gasteiger partial charge in [0.1, 0.15) is 6.23 Å². The van der Waals surface area contributed by atoms with Gasteiger partial charge in [0.15, 0.2) is 0 Å². The van der Waals surface area contributed by atoms with Gasteiger partial charge in [-0.25, -0.2) is 9.59 Å². The van der Waals surface area contributed by atoms with Crippen LogP contribution in [0.3, 0.4) is 0 Å². The average molecular weight is 218 g/mol. The van der Waals surface area contributed by atoms with Crippen LogP contribution >= 0.6 is 0 Å². The van der Waals surface area contributed by atoms with E-state index in [0.717, 1.165) is 0 Å². The maximum absolute atomic E-state index is 10.6. The van der Waals surface area contributed by atoms with E-state index in [2.05, 4.69) is 19.8 Å². The fourth-order valence-electron chi connectivity index (χ4n) is 0.691. The molecule has 0 rings (SSSR count). The zero-order valence-electron chi connectivity index (χ0n) is 8.60. The fourth-order valence-corrected chi connectivity index (χ4v) is 0.691. The lowest BCUT2D eigenvalue weighted by molar-refractivity contribution is 0.107. The van der Waals surface area contributed by atoms with Gasteiger partial charge in [-0.2, -0.15) is 4.99 Å². The molecule has 0 saturated heterocycles. The van der Waals surface area contributed by atoms with Gasteiger partial charge in [-0.05, 0) is 12.8 Å². The molecule has 2 N–H and O–H groups in total. The third-order valence-corrected chi connectivity index (χ3v) is 1.41. The molecule has 0 spiro atoms. The minimum atomic E-state index is -1.03. The lowest BCUT2D eigenvalue weighted by atomic mass is 10.3. The topological polar surface area (TPSA) is 97.2 Å². The van der Waals surface area contributed by atoms with Crippen molar-refractivity contribution >= 4 is 18.4 Å². The quantitative estimate of drug-likeness (QED) is 0.521. The summed E-state index contributed by atoms with van der Waals surface area (Å²) < 4.78 is 8.52. The molecule has 7 nitrogen and oxygen atoms in total. The number of ether oxygens (including phenoxy) is 2. The van der Waals surface area contributed by atoms with Gasteiger partial charge in [0.05, 0.1) is 14.2 Å². The second kappa shape index (κ2) is 7.74. The van der Waals surface area contributed by atoms with Crippen molar-refractivity contribution in [2.24, 2.45) is 4.99 Å². The highest BCUT2D eigenvalue weighted by Crippen LogP contribution is 1.92. The standard InChI is InChI=1S/C8H14N2O5/c1-14-7(12)9-5-3-4-6(11)10-8(13)15-2/h5-6,11H,3-4H2,1-2H3,(H,10,13)/t6-/m1/s1. The number of amides is 2. The number of hydrogen-bond acceptors (Lipinski definition) is 5. The van der Waals surface area contributed by atoms with E-state index in [4.69, 9.17) is 0 Å². The van der Waals surface area contributed by atoms with Gasteiger partial charge < -0.3 is 14.6 Å². The lowest BCUT2D eigenvalue weighted by Gasteiger charge is -2.09. The van der Waals surface area contributed by atoms with E-state index in [1.165, 1.54) is 20.4 Å². The molecule has 0 aromatic rings. The van der Waals surface area contributed by atoms with Crippen LogP contribution in [0.4, 0.5) is 9.59 Å². The van der Waals surface area contributed by atoms with E-state index in [9.17, 15) is 14.7 Å². The molecule has 2 amide bonds. The van der Waals surface area contributed by atoms with Crippen LogP contribution in [0.1, 0.15) is 12.8 Å². The highest BCUT2D eigenvalue weighted by molar-refractivity contribution is 5.79. The Morgan fingerprint density at radius 3 is 2.67 bits per heavy atom. The predicted molar refractivity (Wildman–Crippen MR) is 51.7 cm³/mol. The van der Waals surface area contributed by atoms with Gasteiger partial charge in [-0.1, -0.05) is 0 Å². The van der Waals surface area contributed by atoms with Crippen LogP contribution < -0.4 is 5.32 Å². The number of carbonyl (C=O) groups excluding carboxylic acids is 2. The first-order chi connectivity index (χ1) is 7.10. The van der Waals surface area contributed by atoms with Gasteiger partial charge >= 0.3 is 12.2 Å². The maximum Gasteiger partial charge on any atom is 0.432 e. The molecule has 86 valence electrons. The van der Waals surface area contributed by atoms with Crippen LogP contribution in [0.15, 0.2) is 4.99 Å². The number of carbonyl (C=O) groups is 2. The summed E-state index contributed by atoms with van der Waals surface area (Å²) in [6.07, 6.45) is -0.580. The van der Waals surface area contributed by atoms with Crippen molar-refractivity contribution in [2.75, 3.05) is 14.2 Å². The molecule has 0 aliphatic rings. The second-order valence-electron chi connectivity index (χ2n) is 2.51. The Bertz CT molecular complexity index is 241. The number of aliphatic hydroxyl groups excluding tert-OH is 1. The van der Waals surface area contributed by atoms with E-state index in [0.29, 0.717) is 6.42 Å². The molecule has 0 aliphatic carbocycles. The Labute approximate surface area is 87.1 Å². The molecular formula is C8H14N2O5. The molecule has 0 aromatic carbocycles. The van der Waals surface area contributed by atoms with Crippen molar-refractivity contribution in [3.8, 4) is 0 Å². The van der Waals surface area contributed by atoms with Gasteiger partial charge in [-0.15, -0.1) is 0 Å². The summed E-state index contributed by atoms with van der Waals surface area (Å²) >= 11 is 0. The zero-order valence-corrected chi connectivity index (χ0v) is 8.60. The second-order valence-corrected chi connectivity index (χ2v) is 2.51. The molecule has 0 saturated carbocycles. The smallest absolute Gasteiger partial charge is 0.432 e. The van der Waals surface area contributed by atoms with Crippen LogP contribution in [0.25, 0.3) is 0 Å². The highest BCUT2D eigenvalue weighted by atomic mass is 16.5. The van der Waals surface area contributed by atoms with Gasteiger partial charge in [0.25, 0.3) is 0 Å². The van der Waals surface area contributed by atoms with Crippen molar-refractivity contribution in [2.45, 2.75) is 19.1 Å². The molecule has 0 bridgehead atoms. The molecule has 0 radical (unpaired) electrons. The maximum atomic E-state index is 10.6. The first-order valence-corrected chi connectivity index (χ1v) is 4.23. The van der Waals surface area contributed by atoms with Gasteiger partial charge in [0.2, 0.25) is 0 Å². The first-order valence-electron chi connectivity index (χ1n) is 4.23. The molecule has 0 aromatic heterocycles. The van der Waals surface area contributed by atoms with Crippen LogP contribution in [-0.2, 0) is 9.47 Å². The van der Waals surface area contributed by atoms with Crippen molar-refractivity contribution in [3.63, 3.8) is 0 Å². The number of hydrogen-bond donors (Lipinski definition) is 2. The summed E-state index contributed by atoms with van der Waals surface area (Å²) in [6.45, 7) is 0. The highest BCUT2D eigenvalue weighted by Gasteiger charge is 2.06. The average Bonchev–Trinajstić information content (AvgIpc) is 2.23. The molecule has 0 unspecified atom stereocenters. The SMILES string of the molecule is COC(=O)N=CCC[C@@H](O)NC(=O)OC. The van der Waals surface area contributed by atoms with E-state index < -0.39 is 18.4 Å². The van der Waals surface area contributed by atoms with Gasteiger partial charge in [0, 0.05) is 6.21 Å². The zero-order chi connectivity index (χ0) is 11.7. The molecule has 0 aliphatic heterocycles. The molecule has 1 atom stereocenters. The van der Waals surface area contributed by atoms with E-state index in [1.807, 2.05) is 0 Å². The minimum Gasteiger partial charge on any atom is -0.453 e. The normalized spacial score (nSPS) is 12.2. The molecule has 0 heterocycles. The summed E-state index contributed by atoms with van der Waals surface area (Å²) in [4.78, 5) is 24.5. The minimum absolute atomic E-state index is 0.232. The van der Waals surface area contributed by atoms with Crippen LogP contribution in [0, 0.1) is 0 Å². The summed E-state index contributed by atoms with van der Waals surface area (Å²) in [6, 6.07) is 0. The third kappa shape index (κ3) is 7.44. The first kappa shape index (κ1) is 13.4. The van der Waals surface area contributed by atoms with Crippen LogP contribution in [-0.4, -0.2) is 44.0 Å². The summed E-state index contributed by atoms with van der Waals surface area (Å²) in [7, 11) is 2.41. The Morgan fingerprint density at radius 1 is 1.47 bits per heavy atom. The van der Waals surface area contributed by atoms with Crippen molar-refractivity contribution in [1.82, 2.24) is 5.32 Å². The molecule has 0 fully saturated rings. The summed E-state index contributed by atoms with van der Waals surface area (Å²) in [5.41, 5.74) is 0.